The predicted molar refractivity (Wildman–Crippen MR) is 122 cm³/mol. The zero-order chi connectivity index (χ0) is 22.3. The maximum atomic E-state index is 13.9. The van der Waals surface area contributed by atoms with E-state index in [9.17, 15) is 9.59 Å². The molecule has 4 rings (SSSR count). The summed E-state index contributed by atoms with van der Waals surface area (Å²) in [7, 11) is 0. The van der Waals surface area contributed by atoms with E-state index in [2.05, 4.69) is 5.32 Å². The molecule has 0 spiro atoms. The summed E-state index contributed by atoms with van der Waals surface area (Å²) in [6.07, 6.45) is 3.28. The third kappa shape index (κ3) is 4.54. The minimum atomic E-state index is -0.312. The summed E-state index contributed by atoms with van der Waals surface area (Å²) in [5, 5.41) is 2.65. The lowest BCUT2D eigenvalue weighted by molar-refractivity contribution is -0.109. The van der Waals surface area contributed by atoms with Gasteiger partial charge in [-0.1, -0.05) is 60.7 Å². The van der Waals surface area contributed by atoms with E-state index in [1.807, 2.05) is 79.7 Å². The molecule has 2 aromatic carbocycles. The molecule has 1 amide bonds. The number of hydrogen-bond acceptors (Lipinski definition) is 4. The van der Waals surface area contributed by atoms with Gasteiger partial charge in [0, 0.05) is 12.0 Å². The second-order valence-electron chi connectivity index (χ2n) is 7.56. The van der Waals surface area contributed by atoms with Gasteiger partial charge >= 0.3 is 0 Å². The lowest BCUT2D eigenvalue weighted by Crippen LogP contribution is -2.34. The molecular formula is C26H25N3O3. The maximum Gasteiger partial charge on any atom is 0.257 e. The first-order chi connectivity index (χ1) is 15.7. The van der Waals surface area contributed by atoms with Crippen LogP contribution in [0.4, 0.5) is 0 Å². The number of aryl methyl sites for hydroxylation is 2. The fraction of sp³-hybridized carbons (Fsp3) is 0.192. The number of nitrogens with one attached hydrogen (secondary N) is 1. The monoisotopic (exact) mass is 427 g/mol. The van der Waals surface area contributed by atoms with Crippen molar-refractivity contribution >= 4 is 6.41 Å². The number of aromatic nitrogens is 2. The molecule has 6 nitrogen and oxygen atoms in total. The van der Waals surface area contributed by atoms with Crippen molar-refractivity contribution < 1.29 is 9.21 Å². The first-order valence-corrected chi connectivity index (χ1v) is 10.6. The summed E-state index contributed by atoms with van der Waals surface area (Å²) in [4.78, 5) is 29.6. The number of rotatable bonds is 9. The number of nitrogens with zero attached hydrogens (tertiary/aromatic N) is 2. The van der Waals surface area contributed by atoms with Gasteiger partial charge in [0.2, 0.25) is 6.41 Å². The van der Waals surface area contributed by atoms with E-state index < -0.39 is 0 Å². The minimum absolute atomic E-state index is 0.107. The molecule has 0 radical (unpaired) electrons. The molecule has 0 saturated heterocycles. The van der Waals surface area contributed by atoms with Crippen molar-refractivity contribution in [3.63, 3.8) is 0 Å². The average Bonchev–Trinajstić information content (AvgIpc) is 3.34. The lowest BCUT2D eigenvalue weighted by atomic mass is 9.97. The standard InChI is InChI=1S/C26H25N3O3/c1-19-28-24(17-27-18-30)23(15-14-22-13-8-16-32-22)26(31)29(19)25(20-9-4-2-5-10-20)21-11-6-3-7-12-21/h2-13,16,18,25H,14-15,17H2,1H3,(H,27,30). The molecular weight excluding hydrogens is 402 g/mol. The van der Waals surface area contributed by atoms with Crippen molar-refractivity contribution in [3.8, 4) is 0 Å². The van der Waals surface area contributed by atoms with Gasteiger partial charge in [0.25, 0.3) is 5.56 Å². The van der Waals surface area contributed by atoms with Gasteiger partial charge in [0.1, 0.15) is 11.6 Å². The SMILES string of the molecule is Cc1nc(CNC=O)c(CCc2ccco2)c(=O)n1C(c1ccccc1)c1ccccc1. The Bertz CT molecular complexity index is 1180. The van der Waals surface area contributed by atoms with Gasteiger partial charge in [-0.05, 0) is 36.6 Å². The fourth-order valence-electron chi connectivity index (χ4n) is 4.04. The second-order valence-corrected chi connectivity index (χ2v) is 7.56. The predicted octanol–water partition coefficient (Wildman–Crippen LogP) is 3.81. The zero-order valence-electron chi connectivity index (χ0n) is 17.9. The van der Waals surface area contributed by atoms with Gasteiger partial charge in [-0.15, -0.1) is 0 Å². The topological polar surface area (TPSA) is 77.1 Å². The molecule has 4 aromatic rings. The maximum absolute atomic E-state index is 13.9. The Morgan fingerprint density at radius 3 is 2.19 bits per heavy atom. The highest BCUT2D eigenvalue weighted by atomic mass is 16.3. The van der Waals surface area contributed by atoms with Crippen LogP contribution in [0.2, 0.25) is 0 Å². The van der Waals surface area contributed by atoms with Gasteiger partial charge in [0.05, 0.1) is 24.5 Å². The molecule has 0 bridgehead atoms. The highest BCUT2D eigenvalue weighted by Crippen LogP contribution is 2.26. The van der Waals surface area contributed by atoms with E-state index >= 15 is 0 Å². The van der Waals surface area contributed by atoms with Crippen LogP contribution >= 0.6 is 0 Å². The molecule has 1 N–H and O–H groups in total. The van der Waals surface area contributed by atoms with E-state index in [-0.39, 0.29) is 18.1 Å². The van der Waals surface area contributed by atoms with Gasteiger partial charge < -0.3 is 9.73 Å². The van der Waals surface area contributed by atoms with E-state index in [1.165, 1.54) is 0 Å². The number of amides is 1. The minimum Gasteiger partial charge on any atom is -0.469 e. The van der Waals surface area contributed by atoms with Crippen molar-refractivity contribution in [1.29, 1.82) is 0 Å². The fourth-order valence-corrected chi connectivity index (χ4v) is 4.04. The number of carbonyl (C=O) groups excluding carboxylic acids is 1. The third-order valence-electron chi connectivity index (χ3n) is 5.51. The van der Waals surface area contributed by atoms with Crippen LogP contribution in [0, 0.1) is 6.92 Å². The van der Waals surface area contributed by atoms with Crippen LogP contribution in [0.15, 0.2) is 88.3 Å². The summed E-state index contributed by atoms with van der Waals surface area (Å²) in [5.41, 5.74) is 3.06. The molecule has 0 saturated carbocycles. The molecule has 2 aromatic heterocycles. The number of benzene rings is 2. The van der Waals surface area contributed by atoms with E-state index in [0.29, 0.717) is 36.3 Å². The van der Waals surface area contributed by atoms with Gasteiger partial charge in [-0.25, -0.2) is 4.98 Å². The molecule has 2 heterocycles. The van der Waals surface area contributed by atoms with Crippen LogP contribution in [0.5, 0.6) is 0 Å². The Labute approximate surface area is 186 Å². The van der Waals surface area contributed by atoms with E-state index in [0.717, 1.165) is 16.9 Å². The summed E-state index contributed by atoms with van der Waals surface area (Å²) < 4.78 is 7.21. The summed E-state index contributed by atoms with van der Waals surface area (Å²) >= 11 is 0. The van der Waals surface area contributed by atoms with Crippen molar-refractivity contribution in [2.75, 3.05) is 0 Å². The Kier molecular flexibility index (Phi) is 6.60. The van der Waals surface area contributed by atoms with Crippen molar-refractivity contribution in [3.05, 3.63) is 123 Å². The molecule has 0 fully saturated rings. The lowest BCUT2D eigenvalue weighted by Gasteiger charge is -2.24. The van der Waals surface area contributed by atoms with Crippen LogP contribution in [0.1, 0.15) is 40.0 Å². The molecule has 0 aliphatic heterocycles. The number of hydrogen-bond donors (Lipinski definition) is 1. The zero-order valence-corrected chi connectivity index (χ0v) is 17.9. The highest BCUT2D eigenvalue weighted by Gasteiger charge is 2.23. The molecule has 6 heteroatoms. The van der Waals surface area contributed by atoms with Gasteiger partial charge in [-0.3, -0.25) is 14.2 Å². The molecule has 0 aliphatic rings. The van der Waals surface area contributed by atoms with Crippen molar-refractivity contribution in [1.82, 2.24) is 14.9 Å². The van der Waals surface area contributed by atoms with Crippen molar-refractivity contribution in [2.24, 2.45) is 0 Å². The normalized spacial score (nSPS) is 10.9. The number of carbonyl (C=O) groups is 1. The molecule has 0 atom stereocenters. The Balaban J connectivity index is 1.86. The molecule has 32 heavy (non-hydrogen) atoms. The first kappa shape index (κ1) is 21.3. The first-order valence-electron chi connectivity index (χ1n) is 10.6. The Morgan fingerprint density at radius 2 is 1.62 bits per heavy atom. The molecule has 162 valence electrons. The van der Waals surface area contributed by atoms with Gasteiger partial charge in [-0.2, -0.15) is 0 Å². The quantitative estimate of drug-likeness (QED) is 0.412. The Hall–Kier alpha value is -3.93. The largest absolute Gasteiger partial charge is 0.469 e. The Morgan fingerprint density at radius 1 is 0.969 bits per heavy atom. The van der Waals surface area contributed by atoms with Crippen LogP contribution < -0.4 is 10.9 Å². The van der Waals surface area contributed by atoms with Crippen LogP contribution in [0.25, 0.3) is 0 Å². The third-order valence-corrected chi connectivity index (χ3v) is 5.51. The summed E-state index contributed by atoms with van der Waals surface area (Å²) in [6, 6.07) is 23.3. The average molecular weight is 428 g/mol. The van der Waals surface area contributed by atoms with Crippen LogP contribution in [-0.4, -0.2) is 16.0 Å². The molecule has 0 aliphatic carbocycles. The van der Waals surface area contributed by atoms with Gasteiger partial charge in [0.15, 0.2) is 0 Å². The van der Waals surface area contributed by atoms with Crippen molar-refractivity contribution in [2.45, 2.75) is 32.4 Å². The smallest absolute Gasteiger partial charge is 0.257 e. The van der Waals surface area contributed by atoms with Crippen LogP contribution in [0.3, 0.4) is 0 Å². The summed E-state index contributed by atoms with van der Waals surface area (Å²) in [5.74, 6) is 1.39. The second kappa shape index (κ2) is 9.92. The highest BCUT2D eigenvalue weighted by molar-refractivity contribution is 5.46. The van der Waals surface area contributed by atoms with E-state index in [1.54, 1.807) is 10.8 Å². The number of furan rings is 1. The van der Waals surface area contributed by atoms with E-state index in [4.69, 9.17) is 9.40 Å². The van der Waals surface area contributed by atoms with Crippen LogP contribution in [-0.2, 0) is 24.2 Å². The summed E-state index contributed by atoms with van der Waals surface area (Å²) in [6.45, 7) is 2.04. The molecule has 0 unspecified atom stereocenters.